The molecule has 18 heavy (non-hydrogen) atoms. The Labute approximate surface area is 106 Å². The van der Waals surface area contributed by atoms with Crippen molar-refractivity contribution >= 4 is 11.8 Å². The number of rotatable bonds is 3. The molecule has 1 atom stereocenters. The molecule has 1 aliphatic rings. The Hall–Kier alpha value is -1.88. The van der Waals surface area contributed by atoms with E-state index in [1.54, 1.807) is 12.1 Å². The molecule has 0 bridgehead atoms. The third kappa shape index (κ3) is 2.68. The highest BCUT2D eigenvalue weighted by Crippen LogP contribution is 2.10. The molecule has 1 unspecified atom stereocenters. The highest BCUT2D eigenvalue weighted by atomic mass is 16.2. The van der Waals surface area contributed by atoms with Gasteiger partial charge < -0.3 is 16.0 Å². The van der Waals surface area contributed by atoms with Gasteiger partial charge in [0.05, 0.1) is 6.04 Å². The fraction of sp³-hybridized carbons (Fsp3) is 0.385. The highest BCUT2D eigenvalue weighted by Gasteiger charge is 2.24. The maximum absolute atomic E-state index is 11.9. The van der Waals surface area contributed by atoms with E-state index >= 15 is 0 Å². The van der Waals surface area contributed by atoms with Gasteiger partial charge in [0.15, 0.2) is 0 Å². The van der Waals surface area contributed by atoms with Crippen molar-refractivity contribution < 1.29 is 9.59 Å². The van der Waals surface area contributed by atoms with Crippen LogP contribution < -0.4 is 11.1 Å². The molecule has 1 saturated heterocycles. The molecule has 5 heteroatoms. The van der Waals surface area contributed by atoms with E-state index < -0.39 is 5.91 Å². The zero-order valence-corrected chi connectivity index (χ0v) is 10.3. The van der Waals surface area contributed by atoms with Gasteiger partial charge in [-0.1, -0.05) is 12.1 Å². The first kappa shape index (κ1) is 12.6. The molecule has 0 radical (unpaired) electrons. The molecule has 96 valence electrons. The predicted molar refractivity (Wildman–Crippen MR) is 67.8 cm³/mol. The number of hydrogen-bond acceptors (Lipinski definition) is 3. The number of primary amides is 1. The van der Waals surface area contributed by atoms with Crippen molar-refractivity contribution in [3.8, 4) is 0 Å². The van der Waals surface area contributed by atoms with Gasteiger partial charge >= 0.3 is 0 Å². The van der Waals surface area contributed by atoms with Crippen LogP contribution in [0.1, 0.15) is 22.8 Å². The average molecular weight is 247 g/mol. The summed E-state index contributed by atoms with van der Waals surface area (Å²) >= 11 is 0. The quantitative estimate of drug-likeness (QED) is 0.795. The Morgan fingerprint density at radius 2 is 2.11 bits per heavy atom. The largest absolute Gasteiger partial charge is 0.366 e. The summed E-state index contributed by atoms with van der Waals surface area (Å²) in [7, 11) is 0. The summed E-state index contributed by atoms with van der Waals surface area (Å²) in [4.78, 5) is 24.7. The lowest BCUT2D eigenvalue weighted by molar-refractivity contribution is -0.135. The molecule has 0 aromatic heterocycles. The molecular weight excluding hydrogens is 230 g/mol. The minimum absolute atomic E-state index is 0.111. The van der Waals surface area contributed by atoms with Crippen LogP contribution >= 0.6 is 0 Å². The minimum Gasteiger partial charge on any atom is -0.366 e. The maximum Gasteiger partial charge on any atom is 0.248 e. The first-order valence-corrected chi connectivity index (χ1v) is 5.99. The Morgan fingerprint density at radius 3 is 2.72 bits per heavy atom. The summed E-state index contributed by atoms with van der Waals surface area (Å²) in [5.74, 6) is -0.325. The zero-order valence-electron chi connectivity index (χ0n) is 10.3. The lowest BCUT2D eigenvalue weighted by atomic mass is 10.1. The monoisotopic (exact) mass is 247 g/mol. The van der Waals surface area contributed by atoms with E-state index in [1.807, 2.05) is 24.0 Å². The molecule has 0 aliphatic carbocycles. The van der Waals surface area contributed by atoms with Crippen molar-refractivity contribution in [1.29, 1.82) is 0 Å². The summed E-state index contributed by atoms with van der Waals surface area (Å²) in [6.45, 7) is 3.96. The van der Waals surface area contributed by atoms with E-state index in [4.69, 9.17) is 5.73 Å². The molecular formula is C13H17N3O2. The molecule has 1 aliphatic heterocycles. The number of carbonyl (C=O) groups is 2. The van der Waals surface area contributed by atoms with Crippen LogP contribution in [0.4, 0.5) is 0 Å². The number of nitrogens with one attached hydrogen (secondary N) is 1. The zero-order chi connectivity index (χ0) is 13.1. The molecule has 0 spiro atoms. The number of hydrogen-bond donors (Lipinski definition) is 2. The van der Waals surface area contributed by atoms with Gasteiger partial charge in [0, 0.05) is 25.2 Å². The van der Waals surface area contributed by atoms with E-state index in [9.17, 15) is 9.59 Å². The van der Waals surface area contributed by atoms with E-state index in [0.717, 1.165) is 12.1 Å². The molecule has 1 aromatic carbocycles. The van der Waals surface area contributed by atoms with Gasteiger partial charge in [-0.2, -0.15) is 0 Å². The maximum atomic E-state index is 11.9. The Kier molecular flexibility index (Phi) is 3.62. The number of amides is 2. The number of benzene rings is 1. The van der Waals surface area contributed by atoms with Gasteiger partial charge in [-0.15, -0.1) is 0 Å². The summed E-state index contributed by atoms with van der Waals surface area (Å²) in [5, 5.41) is 3.12. The lowest BCUT2D eigenvalue weighted by Crippen LogP contribution is -2.53. The van der Waals surface area contributed by atoms with Crippen LogP contribution in [0.15, 0.2) is 24.3 Å². The molecule has 0 saturated carbocycles. The van der Waals surface area contributed by atoms with Crippen molar-refractivity contribution in [3.05, 3.63) is 35.4 Å². The molecule has 1 heterocycles. The second-order valence-electron chi connectivity index (χ2n) is 4.50. The Balaban J connectivity index is 2.04. The SMILES string of the molecule is CC1NCCN(Cc2ccc(C(N)=O)cc2)C1=O. The summed E-state index contributed by atoms with van der Waals surface area (Å²) in [6, 6.07) is 6.92. The first-order chi connectivity index (χ1) is 8.58. The third-order valence-corrected chi connectivity index (χ3v) is 3.13. The average Bonchev–Trinajstić information content (AvgIpc) is 2.36. The number of piperazine rings is 1. The van der Waals surface area contributed by atoms with Gasteiger partial charge in [0.25, 0.3) is 0 Å². The number of nitrogens with two attached hydrogens (primary N) is 1. The van der Waals surface area contributed by atoms with Crippen molar-refractivity contribution in [2.24, 2.45) is 5.73 Å². The fourth-order valence-electron chi connectivity index (χ4n) is 2.04. The first-order valence-electron chi connectivity index (χ1n) is 5.99. The van der Waals surface area contributed by atoms with E-state index in [1.165, 1.54) is 0 Å². The van der Waals surface area contributed by atoms with Crippen LogP contribution in [0.2, 0.25) is 0 Å². The number of nitrogens with zero attached hydrogens (tertiary/aromatic N) is 1. The van der Waals surface area contributed by atoms with Crippen LogP contribution in [-0.4, -0.2) is 35.8 Å². The van der Waals surface area contributed by atoms with Crippen molar-refractivity contribution in [2.45, 2.75) is 19.5 Å². The second-order valence-corrected chi connectivity index (χ2v) is 4.50. The molecule has 5 nitrogen and oxygen atoms in total. The highest BCUT2D eigenvalue weighted by molar-refractivity contribution is 5.92. The fourth-order valence-corrected chi connectivity index (χ4v) is 2.04. The third-order valence-electron chi connectivity index (χ3n) is 3.13. The van der Waals surface area contributed by atoms with Crippen LogP contribution in [0.3, 0.4) is 0 Å². The van der Waals surface area contributed by atoms with Gasteiger partial charge in [-0.05, 0) is 24.6 Å². The van der Waals surface area contributed by atoms with Crippen molar-refractivity contribution in [1.82, 2.24) is 10.2 Å². The Morgan fingerprint density at radius 1 is 1.44 bits per heavy atom. The summed E-state index contributed by atoms with van der Waals surface area (Å²) in [5.41, 5.74) is 6.66. The van der Waals surface area contributed by atoms with Gasteiger partial charge in [-0.25, -0.2) is 0 Å². The minimum atomic E-state index is -0.437. The molecule has 1 fully saturated rings. The molecule has 3 N–H and O–H groups in total. The van der Waals surface area contributed by atoms with E-state index in [2.05, 4.69) is 5.32 Å². The summed E-state index contributed by atoms with van der Waals surface area (Å²) in [6.07, 6.45) is 0. The van der Waals surface area contributed by atoms with Crippen LogP contribution in [0, 0.1) is 0 Å². The molecule has 2 amide bonds. The molecule has 2 rings (SSSR count). The number of carbonyl (C=O) groups excluding carboxylic acids is 2. The van der Waals surface area contributed by atoms with E-state index in [-0.39, 0.29) is 11.9 Å². The van der Waals surface area contributed by atoms with Gasteiger partial charge in [-0.3, -0.25) is 9.59 Å². The second kappa shape index (κ2) is 5.18. The van der Waals surface area contributed by atoms with Crippen LogP contribution in [0.25, 0.3) is 0 Å². The lowest BCUT2D eigenvalue weighted by Gasteiger charge is -2.31. The predicted octanol–water partition coefficient (Wildman–Crippen LogP) is 0.106. The van der Waals surface area contributed by atoms with Crippen LogP contribution in [-0.2, 0) is 11.3 Å². The standard InChI is InChI=1S/C13H17N3O2/c1-9-13(18)16(7-6-15-9)8-10-2-4-11(5-3-10)12(14)17/h2-5,9,15H,6-8H2,1H3,(H2,14,17). The van der Waals surface area contributed by atoms with Crippen molar-refractivity contribution in [2.75, 3.05) is 13.1 Å². The van der Waals surface area contributed by atoms with Gasteiger partial charge in [0.1, 0.15) is 0 Å². The van der Waals surface area contributed by atoms with Crippen LogP contribution in [0.5, 0.6) is 0 Å². The molecule has 1 aromatic rings. The van der Waals surface area contributed by atoms with Gasteiger partial charge in [0.2, 0.25) is 11.8 Å². The summed E-state index contributed by atoms with van der Waals surface area (Å²) < 4.78 is 0. The topological polar surface area (TPSA) is 75.4 Å². The normalized spacial score (nSPS) is 19.9. The van der Waals surface area contributed by atoms with Crippen molar-refractivity contribution in [3.63, 3.8) is 0 Å². The Bertz CT molecular complexity index is 456. The smallest absolute Gasteiger partial charge is 0.248 e. The van der Waals surface area contributed by atoms with E-state index in [0.29, 0.717) is 18.7 Å².